The highest BCUT2D eigenvalue weighted by Gasteiger charge is 2.55. The lowest BCUT2D eigenvalue weighted by Crippen LogP contribution is -2.65. The van der Waals surface area contributed by atoms with Crippen LogP contribution < -0.4 is 5.32 Å². The first-order chi connectivity index (χ1) is 14.8. The second-order valence-electron chi connectivity index (χ2n) is 9.57. The number of rotatable bonds is 4. The van der Waals surface area contributed by atoms with Crippen LogP contribution in [0.1, 0.15) is 64.7 Å². The first kappa shape index (κ1) is 20.2. The third kappa shape index (κ3) is 2.92. The Morgan fingerprint density at radius 3 is 2.32 bits per heavy atom. The summed E-state index contributed by atoms with van der Waals surface area (Å²) < 4.78 is 0. The molecule has 1 saturated heterocycles. The number of hydrogen-bond donors (Lipinski definition) is 1. The van der Waals surface area contributed by atoms with Crippen LogP contribution in [0.2, 0.25) is 0 Å². The molecule has 5 rings (SSSR count). The molecule has 7 heteroatoms. The molecule has 2 saturated carbocycles. The minimum atomic E-state index is -1.42. The fraction of sp³-hybridized carbons (Fsp3) is 0.583. The number of nitrogens with one attached hydrogen (secondary N) is 1. The third-order valence-corrected chi connectivity index (χ3v) is 7.89. The van der Waals surface area contributed by atoms with E-state index >= 15 is 0 Å². The molecule has 0 aromatic carbocycles. The summed E-state index contributed by atoms with van der Waals surface area (Å²) in [7, 11) is 1.39. The maximum absolute atomic E-state index is 13.4. The van der Waals surface area contributed by atoms with Crippen LogP contribution in [-0.4, -0.2) is 53.2 Å². The normalized spacial score (nSPS) is 28.7. The topological polar surface area (TPSA) is 86.8 Å². The Labute approximate surface area is 182 Å². The van der Waals surface area contributed by atoms with Crippen LogP contribution in [0.15, 0.2) is 33.9 Å². The Hall–Kier alpha value is -2.70. The minimum absolute atomic E-state index is 0.0736. The zero-order valence-corrected chi connectivity index (χ0v) is 18.3. The molecule has 1 unspecified atom stereocenters. The number of allylic oxidation sites excluding steroid dienone is 3. The van der Waals surface area contributed by atoms with Crippen LogP contribution in [0.5, 0.6) is 0 Å². The van der Waals surface area contributed by atoms with E-state index in [0.717, 1.165) is 66.7 Å². The number of carbonyl (C=O) groups is 4. The van der Waals surface area contributed by atoms with Crippen molar-refractivity contribution in [2.45, 2.75) is 70.8 Å². The molecule has 164 valence electrons. The van der Waals surface area contributed by atoms with Crippen molar-refractivity contribution in [3.63, 3.8) is 0 Å². The molecule has 7 nitrogen and oxygen atoms in total. The highest BCUT2D eigenvalue weighted by molar-refractivity contribution is 6.21. The fourth-order valence-corrected chi connectivity index (χ4v) is 6.10. The number of carbonyl (C=O) groups excluding carboxylic acids is 4. The van der Waals surface area contributed by atoms with Gasteiger partial charge in [0.25, 0.3) is 5.91 Å². The maximum Gasteiger partial charge on any atom is 0.333 e. The number of fused-ring (bicyclic) bond motifs is 4. The second kappa shape index (κ2) is 7.18. The summed E-state index contributed by atoms with van der Waals surface area (Å²) in [5.41, 5.74) is 4.90. The van der Waals surface area contributed by atoms with Crippen molar-refractivity contribution in [3.05, 3.63) is 33.9 Å². The Kier molecular flexibility index (Phi) is 4.68. The van der Waals surface area contributed by atoms with Gasteiger partial charge in [0, 0.05) is 7.05 Å². The van der Waals surface area contributed by atoms with Crippen molar-refractivity contribution in [1.29, 1.82) is 0 Å². The largest absolute Gasteiger partial charge is 0.344 e. The lowest BCUT2D eigenvalue weighted by Gasteiger charge is -2.42. The van der Waals surface area contributed by atoms with E-state index in [4.69, 9.17) is 0 Å². The lowest BCUT2D eigenvalue weighted by atomic mass is 9.73. The van der Waals surface area contributed by atoms with Gasteiger partial charge in [-0.15, -0.1) is 0 Å². The molecule has 1 heterocycles. The van der Waals surface area contributed by atoms with Gasteiger partial charge in [-0.3, -0.25) is 24.2 Å². The molecule has 1 atom stereocenters. The summed E-state index contributed by atoms with van der Waals surface area (Å²) in [6, 6.07) is -0.801. The molecule has 3 fully saturated rings. The zero-order valence-electron chi connectivity index (χ0n) is 18.3. The number of nitrogens with zero attached hydrogens (tertiary/aromatic N) is 2. The summed E-state index contributed by atoms with van der Waals surface area (Å²) >= 11 is 0. The smallest absolute Gasteiger partial charge is 0.333 e. The van der Waals surface area contributed by atoms with Crippen molar-refractivity contribution in [1.82, 2.24) is 15.1 Å². The van der Waals surface area contributed by atoms with E-state index in [1.165, 1.54) is 29.3 Å². The van der Waals surface area contributed by atoms with Gasteiger partial charge in [-0.05, 0) is 81.4 Å². The molecule has 0 aromatic rings. The second-order valence-corrected chi connectivity index (χ2v) is 9.57. The third-order valence-electron chi connectivity index (χ3n) is 7.89. The molecule has 1 N–H and O–H groups in total. The monoisotopic (exact) mass is 423 g/mol. The molecule has 4 bridgehead atoms. The van der Waals surface area contributed by atoms with E-state index in [-0.39, 0.29) is 18.5 Å². The summed E-state index contributed by atoms with van der Waals surface area (Å²) in [6.45, 7) is 1.24. The highest BCUT2D eigenvalue weighted by atomic mass is 16.2. The van der Waals surface area contributed by atoms with Crippen LogP contribution in [0.3, 0.4) is 0 Å². The van der Waals surface area contributed by atoms with Crippen LogP contribution in [0.25, 0.3) is 0 Å². The lowest BCUT2D eigenvalue weighted by molar-refractivity contribution is -0.155. The van der Waals surface area contributed by atoms with E-state index in [2.05, 4.69) is 5.32 Å². The van der Waals surface area contributed by atoms with Gasteiger partial charge < -0.3 is 5.32 Å². The van der Waals surface area contributed by atoms with Gasteiger partial charge in [0.05, 0.1) is 6.04 Å². The predicted octanol–water partition coefficient (Wildman–Crippen LogP) is 2.98. The van der Waals surface area contributed by atoms with Crippen molar-refractivity contribution in [3.8, 4) is 0 Å². The first-order valence-corrected chi connectivity index (χ1v) is 11.4. The number of urea groups is 1. The average Bonchev–Trinajstić information content (AvgIpc) is 3.33. The van der Waals surface area contributed by atoms with Crippen LogP contribution in [0.4, 0.5) is 4.79 Å². The van der Waals surface area contributed by atoms with Crippen molar-refractivity contribution in [2.24, 2.45) is 5.41 Å². The Balaban J connectivity index is 1.37. The van der Waals surface area contributed by atoms with Gasteiger partial charge in [0.15, 0.2) is 0 Å². The molecule has 0 spiro atoms. The van der Waals surface area contributed by atoms with Gasteiger partial charge >= 0.3 is 6.03 Å². The Morgan fingerprint density at radius 2 is 1.71 bits per heavy atom. The SMILES string of the molecule is CN1C(=O)N(CC(=O)NC2C3=C4CCC(=C2CC3)C4)C(=O)C(C)(C2=CCCCC2)C1=O. The van der Waals surface area contributed by atoms with Crippen molar-refractivity contribution in [2.75, 3.05) is 13.6 Å². The Morgan fingerprint density at radius 1 is 1.03 bits per heavy atom. The quantitative estimate of drug-likeness (QED) is 0.556. The van der Waals surface area contributed by atoms with E-state index in [9.17, 15) is 19.2 Å². The van der Waals surface area contributed by atoms with Gasteiger partial charge in [-0.25, -0.2) is 4.79 Å². The predicted molar refractivity (Wildman–Crippen MR) is 114 cm³/mol. The van der Waals surface area contributed by atoms with Gasteiger partial charge in [-0.1, -0.05) is 17.2 Å². The van der Waals surface area contributed by atoms with Crippen LogP contribution >= 0.6 is 0 Å². The van der Waals surface area contributed by atoms with Crippen LogP contribution in [0, 0.1) is 5.41 Å². The van der Waals surface area contributed by atoms with E-state index in [1.807, 2.05) is 6.08 Å². The van der Waals surface area contributed by atoms with E-state index in [1.54, 1.807) is 6.92 Å². The summed E-state index contributed by atoms with van der Waals surface area (Å²) in [5.74, 6) is -1.44. The molecular formula is C24H29N3O4. The number of amides is 5. The van der Waals surface area contributed by atoms with Gasteiger partial charge in [-0.2, -0.15) is 0 Å². The van der Waals surface area contributed by atoms with E-state index in [0.29, 0.717) is 6.42 Å². The molecule has 5 aliphatic rings. The average molecular weight is 424 g/mol. The van der Waals surface area contributed by atoms with Gasteiger partial charge in [0.2, 0.25) is 11.8 Å². The molecule has 5 amide bonds. The number of imide groups is 2. The summed E-state index contributed by atoms with van der Waals surface area (Å²) in [6.07, 6.45) is 10.6. The summed E-state index contributed by atoms with van der Waals surface area (Å²) in [5, 5.41) is 3.08. The molecule has 1 aliphatic heterocycles. The van der Waals surface area contributed by atoms with Gasteiger partial charge in [0.1, 0.15) is 12.0 Å². The molecule has 4 aliphatic carbocycles. The Bertz CT molecular complexity index is 976. The standard InChI is InChI=1S/C24H29N3O4/c1-24(16-6-4-3-5-7-16)21(29)26(2)23(31)27(22(24)30)13-19(28)25-20-17-10-11-18(20)15-9-8-14(17)12-15/h6,20H,3-5,7-13H2,1-2H3,(H,25,28). The van der Waals surface area contributed by atoms with Crippen LogP contribution in [-0.2, 0) is 14.4 Å². The maximum atomic E-state index is 13.4. The molecule has 0 aromatic heterocycles. The number of barbiturate groups is 1. The minimum Gasteiger partial charge on any atom is -0.344 e. The first-order valence-electron chi connectivity index (χ1n) is 11.4. The van der Waals surface area contributed by atoms with E-state index < -0.39 is 23.3 Å². The number of hydrogen-bond acceptors (Lipinski definition) is 4. The fourth-order valence-electron chi connectivity index (χ4n) is 6.10. The van der Waals surface area contributed by atoms with Crippen molar-refractivity contribution < 1.29 is 19.2 Å². The van der Waals surface area contributed by atoms with Crippen molar-refractivity contribution >= 4 is 23.8 Å². The molecule has 31 heavy (non-hydrogen) atoms. The molecular weight excluding hydrogens is 394 g/mol. The zero-order chi connectivity index (χ0) is 21.9. The summed E-state index contributed by atoms with van der Waals surface area (Å²) in [4.78, 5) is 54.1. The highest BCUT2D eigenvalue weighted by Crippen LogP contribution is 2.49. The molecule has 0 radical (unpaired) electrons.